The molecule has 1 amide bonds. The monoisotopic (exact) mass is 362 g/mol. The van der Waals surface area contributed by atoms with Gasteiger partial charge in [0.05, 0.1) is 13.7 Å². The average Bonchev–Trinajstić information content (AvgIpc) is 2.66. The van der Waals surface area contributed by atoms with Crippen molar-refractivity contribution in [2.24, 2.45) is 4.99 Å². The van der Waals surface area contributed by atoms with Gasteiger partial charge in [-0.3, -0.25) is 4.79 Å². The highest BCUT2D eigenvalue weighted by Gasteiger charge is 2.21. The van der Waals surface area contributed by atoms with Crippen LogP contribution in [-0.4, -0.2) is 74.1 Å². The van der Waals surface area contributed by atoms with Crippen molar-refractivity contribution < 1.29 is 14.3 Å². The van der Waals surface area contributed by atoms with E-state index in [1.807, 2.05) is 36.1 Å². The maximum absolute atomic E-state index is 11.5. The Kier molecular flexibility index (Phi) is 7.56. The molecule has 1 atom stereocenters. The molecule has 0 aromatic heterocycles. The lowest BCUT2D eigenvalue weighted by molar-refractivity contribution is -0.130. The first-order valence-corrected chi connectivity index (χ1v) is 9.13. The highest BCUT2D eigenvalue weighted by Crippen LogP contribution is 2.18. The van der Waals surface area contributed by atoms with Crippen LogP contribution < -0.4 is 14.8 Å². The molecule has 144 valence electrons. The second-order valence-electron chi connectivity index (χ2n) is 6.29. The number of carbonyl (C=O) groups is 1. The summed E-state index contributed by atoms with van der Waals surface area (Å²) in [7, 11) is 1.64. The lowest BCUT2D eigenvalue weighted by Gasteiger charge is -2.36. The number of hydrogen-bond donors (Lipinski definition) is 1. The van der Waals surface area contributed by atoms with E-state index in [1.165, 1.54) is 0 Å². The molecule has 1 heterocycles. The minimum atomic E-state index is -0.0458. The Morgan fingerprint density at radius 1 is 1.15 bits per heavy atom. The van der Waals surface area contributed by atoms with Crippen LogP contribution in [0.2, 0.25) is 0 Å². The highest BCUT2D eigenvalue weighted by atomic mass is 16.5. The van der Waals surface area contributed by atoms with Crippen LogP contribution in [0.5, 0.6) is 11.5 Å². The minimum absolute atomic E-state index is 0.0458. The number of aliphatic imine (C=N–C) groups is 1. The summed E-state index contributed by atoms with van der Waals surface area (Å²) in [6.45, 7) is 10.1. The number of nitrogens with zero attached hydrogens (tertiary/aromatic N) is 3. The van der Waals surface area contributed by atoms with Gasteiger partial charge in [-0.25, -0.2) is 4.99 Å². The predicted octanol–water partition coefficient (Wildman–Crippen LogP) is 1.59. The molecular formula is C19H30N4O3. The largest absolute Gasteiger partial charge is 0.497 e. The minimum Gasteiger partial charge on any atom is -0.497 e. The molecule has 1 aromatic rings. The van der Waals surface area contributed by atoms with E-state index in [9.17, 15) is 4.79 Å². The molecule has 1 saturated heterocycles. The molecule has 1 aliphatic rings. The standard InChI is InChI=1S/C19H30N4O3/c1-5-20-19(23-12-10-22(11-13-23)16(3)24)21-14-15(2)26-18-8-6-17(25-4)7-9-18/h6-9,15H,5,10-14H2,1-4H3,(H,20,21). The number of ether oxygens (including phenoxy) is 2. The van der Waals surface area contributed by atoms with E-state index in [4.69, 9.17) is 14.5 Å². The summed E-state index contributed by atoms with van der Waals surface area (Å²) in [5, 5.41) is 3.33. The molecule has 1 aliphatic heterocycles. The van der Waals surface area contributed by atoms with Gasteiger partial charge in [0.1, 0.15) is 17.6 Å². The van der Waals surface area contributed by atoms with E-state index in [2.05, 4.69) is 17.1 Å². The van der Waals surface area contributed by atoms with Crippen LogP contribution in [0, 0.1) is 0 Å². The van der Waals surface area contributed by atoms with Crippen molar-refractivity contribution in [3.05, 3.63) is 24.3 Å². The lowest BCUT2D eigenvalue weighted by Crippen LogP contribution is -2.53. The van der Waals surface area contributed by atoms with E-state index >= 15 is 0 Å². The van der Waals surface area contributed by atoms with Gasteiger partial charge in [0, 0.05) is 39.6 Å². The van der Waals surface area contributed by atoms with Gasteiger partial charge in [0.2, 0.25) is 5.91 Å². The van der Waals surface area contributed by atoms with Crippen molar-refractivity contribution in [3.8, 4) is 11.5 Å². The Morgan fingerprint density at radius 3 is 2.27 bits per heavy atom. The van der Waals surface area contributed by atoms with Gasteiger partial charge in [-0.2, -0.15) is 0 Å². The van der Waals surface area contributed by atoms with Gasteiger partial charge >= 0.3 is 0 Å². The van der Waals surface area contributed by atoms with Gasteiger partial charge in [0.15, 0.2) is 5.96 Å². The van der Waals surface area contributed by atoms with Crippen molar-refractivity contribution in [1.82, 2.24) is 15.1 Å². The fourth-order valence-electron chi connectivity index (χ4n) is 2.80. The van der Waals surface area contributed by atoms with Crippen LogP contribution in [0.25, 0.3) is 0 Å². The number of nitrogens with one attached hydrogen (secondary N) is 1. The Balaban J connectivity index is 1.89. The maximum atomic E-state index is 11.5. The van der Waals surface area contributed by atoms with Crippen molar-refractivity contribution in [1.29, 1.82) is 0 Å². The van der Waals surface area contributed by atoms with Crippen LogP contribution in [-0.2, 0) is 4.79 Å². The molecule has 1 unspecified atom stereocenters. The first kappa shape index (κ1) is 19.9. The Hall–Kier alpha value is -2.44. The fraction of sp³-hybridized carbons (Fsp3) is 0.579. The van der Waals surface area contributed by atoms with E-state index in [1.54, 1.807) is 14.0 Å². The zero-order valence-corrected chi connectivity index (χ0v) is 16.2. The summed E-state index contributed by atoms with van der Waals surface area (Å²) in [6.07, 6.45) is -0.0458. The molecule has 0 aliphatic carbocycles. The quantitative estimate of drug-likeness (QED) is 0.615. The normalized spacial score (nSPS) is 16.2. The summed E-state index contributed by atoms with van der Waals surface area (Å²) in [5.74, 6) is 2.62. The third-order valence-corrected chi connectivity index (χ3v) is 4.25. The Morgan fingerprint density at radius 2 is 1.73 bits per heavy atom. The van der Waals surface area contributed by atoms with Gasteiger partial charge in [-0.05, 0) is 38.1 Å². The predicted molar refractivity (Wildman–Crippen MR) is 103 cm³/mol. The van der Waals surface area contributed by atoms with Crippen LogP contribution in [0.4, 0.5) is 0 Å². The number of guanidine groups is 1. The molecular weight excluding hydrogens is 332 g/mol. The number of amides is 1. The smallest absolute Gasteiger partial charge is 0.219 e. The Labute approximate surface area is 156 Å². The molecule has 0 saturated carbocycles. The maximum Gasteiger partial charge on any atom is 0.219 e. The van der Waals surface area contributed by atoms with Crippen molar-refractivity contribution in [3.63, 3.8) is 0 Å². The Bertz CT molecular complexity index is 595. The molecule has 2 rings (SSSR count). The number of benzene rings is 1. The van der Waals surface area contributed by atoms with Crippen LogP contribution in [0.3, 0.4) is 0 Å². The third-order valence-electron chi connectivity index (χ3n) is 4.25. The molecule has 0 spiro atoms. The van der Waals surface area contributed by atoms with Crippen molar-refractivity contribution in [2.75, 3.05) is 46.4 Å². The summed E-state index contributed by atoms with van der Waals surface area (Å²) in [6, 6.07) is 7.55. The van der Waals surface area contributed by atoms with Crippen LogP contribution in [0.1, 0.15) is 20.8 Å². The van der Waals surface area contributed by atoms with Gasteiger partial charge in [-0.1, -0.05) is 0 Å². The molecule has 7 nitrogen and oxygen atoms in total. The van der Waals surface area contributed by atoms with E-state index < -0.39 is 0 Å². The summed E-state index contributed by atoms with van der Waals surface area (Å²) >= 11 is 0. The lowest BCUT2D eigenvalue weighted by atomic mass is 10.3. The topological polar surface area (TPSA) is 66.4 Å². The molecule has 1 aromatic carbocycles. The third kappa shape index (κ3) is 5.82. The van der Waals surface area contributed by atoms with Gasteiger partial charge in [0.25, 0.3) is 0 Å². The second kappa shape index (κ2) is 9.89. The molecule has 26 heavy (non-hydrogen) atoms. The number of hydrogen-bond acceptors (Lipinski definition) is 4. The second-order valence-corrected chi connectivity index (χ2v) is 6.29. The SMILES string of the molecule is CCNC(=NCC(C)Oc1ccc(OC)cc1)N1CCN(C(C)=O)CC1. The van der Waals surface area contributed by atoms with Crippen LogP contribution in [0.15, 0.2) is 29.3 Å². The number of rotatable bonds is 6. The van der Waals surface area contributed by atoms with Gasteiger partial charge in [-0.15, -0.1) is 0 Å². The van der Waals surface area contributed by atoms with Crippen molar-refractivity contribution in [2.45, 2.75) is 26.9 Å². The fourth-order valence-corrected chi connectivity index (χ4v) is 2.80. The first-order chi connectivity index (χ1) is 12.5. The van der Waals surface area contributed by atoms with Crippen LogP contribution >= 0.6 is 0 Å². The number of piperazine rings is 1. The first-order valence-electron chi connectivity index (χ1n) is 9.13. The summed E-state index contributed by atoms with van der Waals surface area (Å²) in [4.78, 5) is 20.3. The zero-order valence-electron chi connectivity index (χ0n) is 16.2. The molecule has 1 N–H and O–H groups in total. The summed E-state index contributed by atoms with van der Waals surface area (Å²) < 4.78 is 11.1. The number of carbonyl (C=O) groups excluding carboxylic acids is 1. The zero-order chi connectivity index (χ0) is 18.9. The van der Waals surface area contributed by atoms with E-state index in [0.717, 1.165) is 50.2 Å². The molecule has 0 radical (unpaired) electrons. The molecule has 0 bridgehead atoms. The molecule has 7 heteroatoms. The highest BCUT2D eigenvalue weighted by molar-refractivity contribution is 5.80. The van der Waals surface area contributed by atoms with E-state index in [0.29, 0.717) is 6.54 Å². The number of methoxy groups -OCH3 is 1. The molecule has 1 fully saturated rings. The summed E-state index contributed by atoms with van der Waals surface area (Å²) in [5.41, 5.74) is 0. The average molecular weight is 362 g/mol. The van der Waals surface area contributed by atoms with E-state index in [-0.39, 0.29) is 12.0 Å². The van der Waals surface area contributed by atoms with Crippen molar-refractivity contribution >= 4 is 11.9 Å². The van der Waals surface area contributed by atoms with Gasteiger partial charge < -0.3 is 24.6 Å².